The van der Waals surface area contributed by atoms with Crippen molar-refractivity contribution in [3.8, 4) is 6.07 Å². The number of nitrogens with zero attached hydrogens (tertiary/aromatic N) is 2. The number of amides is 1. The van der Waals surface area contributed by atoms with E-state index in [0.29, 0.717) is 5.69 Å². The van der Waals surface area contributed by atoms with Gasteiger partial charge >= 0.3 is 0 Å². The van der Waals surface area contributed by atoms with E-state index in [4.69, 9.17) is 5.26 Å². The van der Waals surface area contributed by atoms with Gasteiger partial charge in [-0.15, -0.1) is 0 Å². The summed E-state index contributed by atoms with van der Waals surface area (Å²) in [6.45, 7) is 1.59. The van der Waals surface area contributed by atoms with Gasteiger partial charge in [-0.2, -0.15) is 5.26 Å². The summed E-state index contributed by atoms with van der Waals surface area (Å²) in [5.41, 5.74) is 0.254. The predicted octanol–water partition coefficient (Wildman–Crippen LogP) is 1.40. The average molecular weight is 274 g/mol. The normalized spacial score (nSPS) is 15.3. The van der Waals surface area contributed by atoms with E-state index >= 15 is 0 Å². The third-order valence-electron chi connectivity index (χ3n) is 3.30. The van der Waals surface area contributed by atoms with Crippen LogP contribution in [0.1, 0.15) is 18.4 Å². The molecule has 1 aromatic rings. The largest absolute Gasteiger partial charge is 0.325 e. The van der Waals surface area contributed by atoms with Crippen LogP contribution in [0.3, 0.4) is 0 Å². The highest BCUT2D eigenvalue weighted by molar-refractivity contribution is 5.94. The molecule has 2 rings (SSSR count). The number of piperidine rings is 1. The molecule has 0 atom stereocenters. The van der Waals surface area contributed by atoms with E-state index in [0.717, 1.165) is 32.0 Å². The van der Waals surface area contributed by atoms with Crippen molar-refractivity contribution >= 4 is 17.3 Å². The molecule has 0 bridgehead atoms. The highest BCUT2D eigenvalue weighted by Gasteiger charge is 2.22. The van der Waals surface area contributed by atoms with Crippen molar-refractivity contribution in [2.45, 2.75) is 12.8 Å². The number of nitriles is 1. The molecule has 20 heavy (non-hydrogen) atoms. The van der Waals surface area contributed by atoms with E-state index < -0.39 is 4.92 Å². The van der Waals surface area contributed by atoms with E-state index in [1.165, 1.54) is 12.1 Å². The first-order chi connectivity index (χ1) is 9.61. The van der Waals surface area contributed by atoms with Crippen LogP contribution in [0, 0.1) is 27.4 Å². The first kappa shape index (κ1) is 14.0. The zero-order valence-corrected chi connectivity index (χ0v) is 10.8. The van der Waals surface area contributed by atoms with Crippen molar-refractivity contribution in [2.24, 2.45) is 5.92 Å². The van der Waals surface area contributed by atoms with Crippen LogP contribution in [-0.4, -0.2) is 23.9 Å². The molecule has 0 spiro atoms. The predicted molar refractivity (Wildman–Crippen MR) is 72.0 cm³/mol. The van der Waals surface area contributed by atoms with E-state index in [9.17, 15) is 14.9 Å². The topological polar surface area (TPSA) is 108 Å². The van der Waals surface area contributed by atoms with Gasteiger partial charge in [0.1, 0.15) is 6.07 Å². The minimum Gasteiger partial charge on any atom is -0.325 e. The molecule has 1 aliphatic rings. The first-order valence-electron chi connectivity index (χ1n) is 6.32. The summed E-state index contributed by atoms with van der Waals surface area (Å²) in [4.78, 5) is 22.2. The minimum absolute atomic E-state index is 0.0852. The molecule has 1 heterocycles. The van der Waals surface area contributed by atoms with Crippen LogP contribution in [0.4, 0.5) is 11.4 Å². The van der Waals surface area contributed by atoms with Crippen LogP contribution in [-0.2, 0) is 4.79 Å². The van der Waals surface area contributed by atoms with E-state index in [1.54, 1.807) is 0 Å². The zero-order chi connectivity index (χ0) is 14.5. The number of nitrogens with one attached hydrogen (secondary N) is 2. The minimum atomic E-state index is -0.570. The smallest absolute Gasteiger partial charge is 0.270 e. The number of anilines is 1. The summed E-state index contributed by atoms with van der Waals surface area (Å²) < 4.78 is 0. The Morgan fingerprint density at radius 1 is 1.45 bits per heavy atom. The lowest BCUT2D eigenvalue weighted by molar-refractivity contribution is -0.384. The number of carbonyl (C=O) groups is 1. The summed E-state index contributed by atoms with van der Waals surface area (Å²) in [6.07, 6.45) is 1.50. The molecule has 0 unspecified atom stereocenters. The number of hydrogen-bond donors (Lipinski definition) is 2. The maximum Gasteiger partial charge on any atom is 0.270 e. The molecule has 2 N–H and O–H groups in total. The Labute approximate surface area is 115 Å². The third kappa shape index (κ3) is 3.10. The van der Waals surface area contributed by atoms with Gasteiger partial charge in [0.15, 0.2) is 0 Å². The lowest BCUT2D eigenvalue weighted by Gasteiger charge is -2.21. The molecule has 1 aromatic carbocycles. The molecular weight excluding hydrogens is 260 g/mol. The second kappa shape index (κ2) is 6.12. The summed E-state index contributed by atoms with van der Waals surface area (Å²) in [6, 6.07) is 5.71. The Morgan fingerprint density at radius 3 is 2.75 bits per heavy atom. The number of nitro groups is 1. The zero-order valence-electron chi connectivity index (χ0n) is 10.8. The molecule has 0 aliphatic carbocycles. The molecule has 7 heteroatoms. The Bertz CT molecular complexity index is 573. The SMILES string of the molecule is N#Cc1cc([N+](=O)[O-])ccc1NC(=O)C1CCNCC1. The van der Waals surface area contributed by atoms with Gasteiger partial charge in [0.05, 0.1) is 16.2 Å². The number of nitro benzene ring substituents is 1. The molecule has 0 aromatic heterocycles. The summed E-state index contributed by atoms with van der Waals surface area (Å²) >= 11 is 0. The molecule has 0 saturated carbocycles. The van der Waals surface area contributed by atoms with Gasteiger partial charge in [0.25, 0.3) is 5.69 Å². The van der Waals surface area contributed by atoms with Crippen LogP contribution < -0.4 is 10.6 Å². The number of benzene rings is 1. The number of non-ortho nitro benzene ring substituents is 1. The van der Waals surface area contributed by atoms with Crippen molar-refractivity contribution in [1.82, 2.24) is 5.32 Å². The Kier molecular flexibility index (Phi) is 4.27. The fourth-order valence-electron chi connectivity index (χ4n) is 2.17. The highest BCUT2D eigenvalue weighted by atomic mass is 16.6. The molecule has 1 saturated heterocycles. The fourth-order valence-corrected chi connectivity index (χ4v) is 2.17. The van der Waals surface area contributed by atoms with Crippen molar-refractivity contribution < 1.29 is 9.72 Å². The van der Waals surface area contributed by atoms with Crippen molar-refractivity contribution in [3.63, 3.8) is 0 Å². The Hall–Kier alpha value is -2.46. The Balaban J connectivity index is 2.14. The van der Waals surface area contributed by atoms with Crippen LogP contribution in [0.5, 0.6) is 0 Å². The van der Waals surface area contributed by atoms with Crippen LogP contribution >= 0.6 is 0 Å². The molecule has 1 aliphatic heterocycles. The van der Waals surface area contributed by atoms with Gasteiger partial charge in [-0.05, 0) is 32.0 Å². The van der Waals surface area contributed by atoms with Gasteiger partial charge in [0.2, 0.25) is 5.91 Å². The van der Waals surface area contributed by atoms with Crippen molar-refractivity contribution in [1.29, 1.82) is 5.26 Å². The van der Waals surface area contributed by atoms with Gasteiger partial charge < -0.3 is 10.6 Å². The quantitative estimate of drug-likeness (QED) is 0.639. The Morgan fingerprint density at radius 2 is 2.15 bits per heavy atom. The van der Waals surface area contributed by atoms with E-state index in [2.05, 4.69) is 10.6 Å². The maximum atomic E-state index is 12.1. The van der Waals surface area contributed by atoms with Gasteiger partial charge in [0, 0.05) is 18.1 Å². The van der Waals surface area contributed by atoms with Crippen LogP contribution in [0.2, 0.25) is 0 Å². The monoisotopic (exact) mass is 274 g/mol. The van der Waals surface area contributed by atoms with E-state index in [1.807, 2.05) is 6.07 Å². The lowest BCUT2D eigenvalue weighted by atomic mass is 9.97. The summed E-state index contributed by atoms with van der Waals surface area (Å²) in [5.74, 6) is -0.227. The molecule has 1 fully saturated rings. The van der Waals surface area contributed by atoms with Gasteiger partial charge in [-0.3, -0.25) is 14.9 Å². The standard InChI is InChI=1S/C13H14N4O3/c14-8-10-7-11(17(19)20)1-2-12(10)16-13(18)9-3-5-15-6-4-9/h1-2,7,9,15H,3-6H2,(H,16,18). The van der Waals surface area contributed by atoms with Crippen LogP contribution in [0.15, 0.2) is 18.2 Å². The third-order valence-corrected chi connectivity index (χ3v) is 3.30. The van der Waals surface area contributed by atoms with Gasteiger partial charge in [-0.25, -0.2) is 0 Å². The van der Waals surface area contributed by atoms with E-state index in [-0.39, 0.29) is 23.1 Å². The number of carbonyl (C=O) groups excluding carboxylic acids is 1. The molecule has 0 radical (unpaired) electrons. The van der Waals surface area contributed by atoms with Gasteiger partial charge in [-0.1, -0.05) is 0 Å². The average Bonchev–Trinajstić information content (AvgIpc) is 2.48. The second-order valence-corrected chi connectivity index (χ2v) is 4.61. The lowest BCUT2D eigenvalue weighted by Crippen LogP contribution is -2.34. The fraction of sp³-hybridized carbons (Fsp3) is 0.385. The number of hydrogen-bond acceptors (Lipinski definition) is 5. The second-order valence-electron chi connectivity index (χ2n) is 4.61. The van der Waals surface area contributed by atoms with Crippen molar-refractivity contribution in [3.05, 3.63) is 33.9 Å². The molecule has 7 nitrogen and oxygen atoms in total. The summed E-state index contributed by atoms with van der Waals surface area (Å²) in [5, 5.41) is 25.5. The van der Waals surface area contributed by atoms with Crippen LogP contribution in [0.25, 0.3) is 0 Å². The van der Waals surface area contributed by atoms with Crippen molar-refractivity contribution in [2.75, 3.05) is 18.4 Å². The molecular formula is C13H14N4O3. The highest BCUT2D eigenvalue weighted by Crippen LogP contribution is 2.23. The molecule has 1 amide bonds. The molecule has 104 valence electrons. The maximum absolute atomic E-state index is 12.1. The summed E-state index contributed by atoms with van der Waals surface area (Å²) in [7, 11) is 0. The first-order valence-corrected chi connectivity index (χ1v) is 6.32. The number of rotatable bonds is 3.